The molecule has 0 aliphatic carbocycles. The van der Waals surface area contributed by atoms with Crippen molar-refractivity contribution < 1.29 is 14.7 Å². The van der Waals surface area contributed by atoms with Gasteiger partial charge in [0.25, 0.3) is 5.91 Å². The fourth-order valence-corrected chi connectivity index (χ4v) is 2.61. The molecule has 0 saturated heterocycles. The third kappa shape index (κ3) is 3.02. The summed E-state index contributed by atoms with van der Waals surface area (Å²) < 4.78 is 0.818. The zero-order valence-electron chi connectivity index (χ0n) is 9.94. The van der Waals surface area contributed by atoms with E-state index in [4.69, 9.17) is 5.11 Å². The maximum Gasteiger partial charge on any atom is 0.345 e. The van der Waals surface area contributed by atoms with Crippen molar-refractivity contribution in [2.75, 3.05) is 5.32 Å². The zero-order chi connectivity index (χ0) is 14.0. The van der Waals surface area contributed by atoms with E-state index >= 15 is 0 Å². The Labute approximate surface area is 122 Å². The molecule has 1 heterocycles. The fraction of sp³-hybridized carbons (Fsp3) is 0.0769. The van der Waals surface area contributed by atoms with E-state index in [0.717, 1.165) is 21.4 Å². The number of aryl methyl sites for hydroxylation is 1. The summed E-state index contributed by atoms with van der Waals surface area (Å²) in [5.41, 5.74) is 1.67. The molecule has 0 spiro atoms. The van der Waals surface area contributed by atoms with Gasteiger partial charge in [0.15, 0.2) is 0 Å². The highest BCUT2D eigenvalue weighted by atomic mass is 79.9. The number of carbonyl (C=O) groups excluding carboxylic acids is 1. The molecule has 4 nitrogen and oxygen atoms in total. The number of benzene rings is 1. The minimum Gasteiger partial charge on any atom is -0.477 e. The van der Waals surface area contributed by atoms with Crippen LogP contribution in [-0.4, -0.2) is 17.0 Å². The molecular formula is C13H10BrNO3S. The van der Waals surface area contributed by atoms with Gasteiger partial charge in [0.1, 0.15) is 4.88 Å². The van der Waals surface area contributed by atoms with E-state index in [9.17, 15) is 9.59 Å². The molecular weight excluding hydrogens is 330 g/mol. The number of thiophene rings is 1. The van der Waals surface area contributed by atoms with Crippen LogP contribution in [0.5, 0.6) is 0 Å². The van der Waals surface area contributed by atoms with Gasteiger partial charge in [-0.2, -0.15) is 0 Å². The normalized spacial score (nSPS) is 10.2. The molecule has 0 radical (unpaired) electrons. The molecule has 6 heteroatoms. The van der Waals surface area contributed by atoms with Crippen molar-refractivity contribution >= 4 is 44.8 Å². The van der Waals surface area contributed by atoms with Crippen LogP contribution in [-0.2, 0) is 0 Å². The Morgan fingerprint density at radius 2 is 1.89 bits per heavy atom. The summed E-state index contributed by atoms with van der Waals surface area (Å²) >= 11 is 4.36. The topological polar surface area (TPSA) is 66.4 Å². The molecule has 2 aromatic rings. The number of carbonyl (C=O) groups is 2. The average Bonchev–Trinajstić information content (AvgIpc) is 2.84. The molecule has 19 heavy (non-hydrogen) atoms. The molecule has 0 aliphatic rings. The second-order valence-electron chi connectivity index (χ2n) is 3.86. The van der Waals surface area contributed by atoms with E-state index in [1.807, 2.05) is 19.1 Å². The molecule has 2 N–H and O–H groups in total. The molecule has 98 valence electrons. The number of amides is 1. The summed E-state index contributed by atoms with van der Waals surface area (Å²) in [4.78, 5) is 23.3. The number of nitrogens with one attached hydrogen (secondary N) is 1. The van der Waals surface area contributed by atoms with Crippen molar-refractivity contribution in [3.63, 3.8) is 0 Å². The predicted octanol–water partition coefficient (Wildman–Crippen LogP) is 3.77. The summed E-state index contributed by atoms with van der Waals surface area (Å²) in [7, 11) is 0. The van der Waals surface area contributed by atoms with Gasteiger partial charge in [-0.25, -0.2) is 4.79 Å². The van der Waals surface area contributed by atoms with E-state index in [0.29, 0.717) is 10.6 Å². The standard InChI is InChI=1S/C13H10BrNO3S/c1-7-3-2-4-8(11(7)14)15-12(16)9-5-6-10(19-9)13(17)18/h2-6H,1H3,(H,15,16)(H,17,18). The number of carboxylic acids is 1. The number of hydrogen-bond donors (Lipinski definition) is 2. The molecule has 0 fully saturated rings. The number of rotatable bonds is 3. The van der Waals surface area contributed by atoms with E-state index in [1.54, 1.807) is 6.07 Å². The Balaban J connectivity index is 2.21. The highest BCUT2D eigenvalue weighted by molar-refractivity contribution is 9.10. The number of carboxylic acid groups (broad SMARTS) is 1. The lowest BCUT2D eigenvalue weighted by molar-refractivity contribution is 0.0702. The lowest BCUT2D eigenvalue weighted by Crippen LogP contribution is -2.10. The molecule has 1 aromatic carbocycles. The van der Waals surface area contributed by atoms with Gasteiger partial charge in [-0.1, -0.05) is 12.1 Å². The molecule has 0 aliphatic heterocycles. The minimum atomic E-state index is -1.03. The van der Waals surface area contributed by atoms with E-state index in [1.165, 1.54) is 12.1 Å². The fourth-order valence-electron chi connectivity index (χ4n) is 1.50. The van der Waals surface area contributed by atoms with Gasteiger partial charge in [-0.3, -0.25) is 4.79 Å². The van der Waals surface area contributed by atoms with Crippen molar-refractivity contribution in [3.8, 4) is 0 Å². The van der Waals surface area contributed by atoms with Crippen molar-refractivity contribution in [1.82, 2.24) is 0 Å². The van der Waals surface area contributed by atoms with Crippen LogP contribution in [0.25, 0.3) is 0 Å². The van der Waals surface area contributed by atoms with Gasteiger partial charge in [0, 0.05) is 4.47 Å². The van der Waals surface area contributed by atoms with Gasteiger partial charge in [0.05, 0.1) is 10.6 Å². The van der Waals surface area contributed by atoms with Crippen LogP contribution in [0.1, 0.15) is 24.9 Å². The Morgan fingerprint density at radius 1 is 1.21 bits per heavy atom. The highest BCUT2D eigenvalue weighted by Crippen LogP contribution is 2.27. The number of hydrogen-bond acceptors (Lipinski definition) is 3. The molecule has 0 bridgehead atoms. The maximum atomic E-state index is 12.0. The summed E-state index contributed by atoms with van der Waals surface area (Å²) in [5, 5.41) is 11.6. The average molecular weight is 340 g/mol. The third-order valence-electron chi connectivity index (χ3n) is 2.48. The van der Waals surface area contributed by atoms with Gasteiger partial charge >= 0.3 is 5.97 Å². The first-order chi connectivity index (χ1) is 8.99. The zero-order valence-corrected chi connectivity index (χ0v) is 12.3. The summed E-state index contributed by atoms with van der Waals surface area (Å²) in [5.74, 6) is -1.34. The van der Waals surface area contributed by atoms with Crippen LogP contribution in [0.2, 0.25) is 0 Å². The predicted molar refractivity (Wildman–Crippen MR) is 78.1 cm³/mol. The quantitative estimate of drug-likeness (QED) is 0.894. The van der Waals surface area contributed by atoms with Gasteiger partial charge < -0.3 is 10.4 Å². The largest absolute Gasteiger partial charge is 0.477 e. The highest BCUT2D eigenvalue weighted by Gasteiger charge is 2.14. The Morgan fingerprint density at radius 3 is 2.53 bits per heavy atom. The number of anilines is 1. The van der Waals surface area contributed by atoms with Crippen LogP contribution < -0.4 is 5.32 Å². The molecule has 0 saturated carbocycles. The summed E-state index contributed by atoms with van der Waals surface area (Å²) in [6, 6.07) is 8.47. The summed E-state index contributed by atoms with van der Waals surface area (Å²) in [6.07, 6.45) is 0. The smallest absolute Gasteiger partial charge is 0.345 e. The Kier molecular flexibility index (Phi) is 4.01. The van der Waals surface area contributed by atoms with Gasteiger partial charge in [-0.15, -0.1) is 11.3 Å². The van der Waals surface area contributed by atoms with Crippen LogP contribution >= 0.6 is 27.3 Å². The maximum absolute atomic E-state index is 12.0. The van der Waals surface area contributed by atoms with Crippen molar-refractivity contribution in [1.29, 1.82) is 0 Å². The van der Waals surface area contributed by atoms with Crippen LogP contribution in [0.15, 0.2) is 34.8 Å². The lowest BCUT2D eigenvalue weighted by Gasteiger charge is -2.07. The second kappa shape index (κ2) is 5.54. The van der Waals surface area contributed by atoms with Gasteiger partial charge in [0.2, 0.25) is 0 Å². The van der Waals surface area contributed by atoms with Crippen LogP contribution in [0.3, 0.4) is 0 Å². The lowest BCUT2D eigenvalue weighted by atomic mass is 10.2. The number of aromatic carboxylic acids is 1. The van der Waals surface area contributed by atoms with E-state index in [2.05, 4.69) is 21.2 Å². The first kappa shape index (κ1) is 13.8. The molecule has 1 amide bonds. The minimum absolute atomic E-state index is 0.147. The first-order valence-corrected chi connectivity index (χ1v) is 6.99. The monoisotopic (exact) mass is 339 g/mol. The van der Waals surface area contributed by atoms with E-state index in [-0.39, 0.29) is 10.8 Å². The molecule has 2 rings (SSSR count). The Hall–Kier alpha value is -1.66. The van der Waals surface area contributed by atoms with Crippen molar-refractivity contribution in [2.45, 2.75) is 6.92 Å². The van der Waals surface area contributed by atoms with Crippen LogP contribution in [0, 0.1) is 6.92 Å². The SMILES string of the molecule is Cc1cccc(NC(=O)c2ccc(C(=O)O)s2)c1Br. The van der Waals surface area contributed by atoms with E-state index < -0.39 is 5.97 Å². The molecule has 0 atom stereocenters. The second-order valence-corrected chi connectivity index (χ2v) is 5.74. The van der Waals surface area contributed by atoms with Crippen molar-refractivity contribution in [3.05, 3.63) is 50.1 Å². The molecule has 1 aromatic heterocycles. The van der Waals surface area contributed by atoms with Crippen molar-refractivity contribution in [2.24, 2.45) is 0 Å². The number of halogens is 1. The summed E-state index contributed by atoms with van der Waals surface area (Å²) in [6.45, 7) is 1.92. The third-order valence-corrected chi connectivity index (χ3v) is 4.61. The molecule has 0 unspecified atom stereocenters. The van der Waals surface area contributed by atoms with Crippen LogP contribution in [0.4, 0.5) is 5.69 Å². The Bertz CT molecular complexity index is 651. The van der Waals surface area contributed by atoms with Gasteiger partial charge in [-0.05, 0) is 46.6 Å². The first-order valence-electron chi connectivity index (χ1n) is 5.38.